The van der Waals surface area contributed by atoms with Crippen LogP contribution < -0.4 is 0 Å². The zero-order valence-electron chi connectivity index (χ0n) is 8.57. The van der Waals surface area contributed by atoms with Crippen molar-refractivity contribution in [3.8, 4) is 0 Å². The molecule has 0 fully saturated rings. The number of nitrogens with zero attached hydrogens (tertiary/aromatic N) is 1. The van der Waals surface area contributed by atoms with Gasteiger partial charge in [0.2, 0.25) is 0 Å². The van der Waals surface area contributed by atoms with Crippen LogP contribution in [0.15, 0.2) is 45.6 Å². The van der Waals surface area contributed by atoms with E-state index in [4.69, 9.17) is 0 Å². The van der Waals surface area contributed by atoms with Gasteiger partial charge < -0.3 is 5.11 Å². The van der Waals surface area contributed by atoms with Crippen molar-refractivity contribution in [1.82, 2.24) is 4.98 Å². The van der Waals surface area contributed by atoms with Gasteiger partial charge in [0.25, 0.3) is 0 Å². The number of aromatic nitrogens is 1. The lowest BCUT2D eigenvalue weighted by Gasteiger charge is -2.12. The monoisotopic (exact) mass is 359 g/mol. The number of aliphatic hydroxyl groups excluding tert-OH is 1. The molecule has 1 aromatic carbocycles. The highest BCUT2D eigenvalue weighted by Crippen LogP contribution is 2.28. The van der Waals surface area contributed by atoms with E-state index >= 15 is 0 Å². The number of hydrogen-bond acceptors (Lipinski definition) is 2. The molecule has 0 saturated carbocycles. The fraction of sp³-hybridized carbons (Fsp3) is 0.0833. The SMILES string of the molecule is OC(c1cncc(Br)c1)c1cccc(Br)c1F. The lowest BCUT2D eigenvalue weighted by molar-refractivity contribution is 0.214. The third kappa shape index (κ3) is 2.73. The van der Waals surface area contributed by atoms with Gasteiger partial charge in [-0.05, 0) is 44.0 Å². The summed E-state index contributed by atoms with van der Waals surface area (Å²) < 4.78 is 14.9. The van der Waals surface area contributed by atoms with Crippen LogP contribution in [0, 0.1) is 5.82 Å². The number of rotatable bonds is 2. The first-order valence-corrected chi connectivity index (χ1v) is 6.40. The first-order valence-electron chi connectivity index (χ1n) is 4.82. The van der Waals surface area contributed by atoms with Gasteiger partial charge in [0.05, 0.1) is 4.47 Å². The molecule has 0 aliphatic rings. The largest absolute Gasteiger partial charge is 0.383 e. The van der Waals surface area contributed by atoms with E-state index in [-0.39, 0.29) is 5.56 Å². The number of halogens is 3. The van der Waals surface area contributed by atoms with E-state index in [1.807, 2.05) is 0 Å². The predicted octanol–water partition coefficient (Wildman–Crippen LogP) is 3.83. The molecular weight excluding hydrogens is 353 g/mol. The van der Waals surface area contributed by atoms with Crippen LogP contribution in [-0.2, 0) is 0 Å². The Morgan fingerprint density at radius 3 is 2.71 bits per heavy atom. The van der Waals surface area contributed by atoms with E-state index in [1.54, 1.807) is 30.5 Å². The minimum Gasteiger partial charge on any atom is -0.383 e. The van der Waals surface area contributed by atoms with E-state index in [0.29, 0.717) is 10.0 Å². The maximum Gasteiger partial charge on any atom is 0.143 e. The quantitative estimate of drug-likeness (QED) is 0.882. The highest BCUT2D eigenvalue weighted by molar-refractivity contribution is 9.10. The second-order valence-corrected chi connectivity index (χ2v) is 5.25. The van der Waals surface area contributed by atoms with E-state index < -0.39 is 11.9 Å². The van der Waals surface area contributed by atoms with E-state index in [9.17, 15) is 9.50 Å². The molecule has 0 aliphatic heterocycles. The molecule has 0 radical (unpaired) electrons. The number of benzene rings is 1. The van der Waals surface area contributed by atoms with Crippen molar-refractivity contribution in [2.24, 2.45) is 0 Å². The molecule has 17 heavy (non-hydrogen) atoms. The lowest BCUT2D eigenvalue weighted by Crippen LogP contribution is -2.03. The smallest absolute Gasteiger partial charge is 0.143 e. The van der Waals surface area contributed by atoms with Crippen LogP contribution in [0.1, 0.15) is 17.2 Å². The highest BCUT2D eigenvalue weighted by Gasteiger charge is 2.17. The van der Waals surface area contributed by atoms with E-state index in [1.165, 1.54) is 6.20 Å². The van der Waals surface area contributed by atoms with Gasteiger partial charge in [0.15, 0.2) is 0 Å². The molecule has 0 saturated heterocycles. The highest BCUT2D eigenvalue weighted by atomic mass is 79.9. The van der Waals surface area contributed by atoms with Gasteiger partial charge in [-0.2, -0.15) is 0 Å². The van der Waals surface area contributed by atoms with Gasteiger partial charge in [-0.25, -0.2) is 4.39 Å². The van der Waals surface area contributed by atoms with Crippen LogP contribution in [-0.4, -0.2) is 10.1 Å². The molecule has 2 rings (SSSR count). The fourth-order valence-corrected chi connectivity index (χ4v) is 2.25. The molecule has 2 nitrogen and oxygen atoms in total. The van der Waals surface area contributed by atoms with Gasteiger partial charge >= 0.3 is 0 Å². The summed E-state index contributed by atoms with van der Waals surface area (Å²) in [5.41, 5.74) is 0.760. The standard InChI is InChI=1S/C12H8Br2FNO/c13-8-4-7(5-16-6-8)12(17)9-2-1-3-10(14)11(9)15/h1-6,12,17H. The Morgan fingerprint density at radius 1 is 1.24 bits per heavy atom. The average molecular weight is 361 g/mol. The normalized spacial score (nSPS) is 12.5. The number of hydrogen-bond donors (Lipinski definition) is 1. The van der Waals surface area contributed by atoms with Crippen LogP contribution in [0.3, 0.4) is 0 Å². The average Bonchev–Trinajstić information content (AvgIpc) is 2.32. The maximum absolute atomic E-state index is 13.8. The number of aliphatic hydroxyl groups is 1. The molecule has 5 heteroatoms. The summed E-state index contributed by atoms with van der Waals surface area (Å²) in [5.74, 6) is -0.458. The van der Waals surface area contributed by atoms with Gasteiger partial charge in [0, 0.05) is 28.0 Å². The Hall–Kier alpha value is -0.780. The summed E-state index contributed by atoms with van der Waals surface area (Å²) in [6, 6.07) is 6.52. The van der Waals surface area contributed by atoms with Crippen LogP contribution in [0.5, 0.6) is 0 Å². The molecule has 0 amide bonds. The molecule has 88 valence electrons. The van der Waals surface area contributed by atoms with Crippen molar-refractivity contribution >= 4 is 31.9 Å². The van der Waals surface area contributed by atoms with Gasteiger partial charge in [-0.1, -0.05) is 12.1 Å². The van der Waals surface area contributed by atoms with Crippen LogP contribution >= 0.6 is 31.9 Å². The van der Waals surface area contributed by atoms with Crippen molar-refractivity contribution in [3.63, 3.8) is 0 Å². The van der Waals surface area contributed by atoms with E-state index in [0.717, 1.165) is 4.47 Å². The van der Waals surface area contributed by atoms with Crippen molar-refractivity contribution in [3.05, 3.63) is 62.5 Å². The van der Waals surface area contributed by atoms with Crippen molar-refractivity contribution < 1.29 is 9.50 Å². The van der Waals surface area contributed by atoms with Crippen molar-refractivity contribution in [2.75, 3.05) is 0 Å². The topological polar surface area (TPSA) is 33.1 Å². The first kappa shape index (κ1) is 12.7. The first-order chi connectivity index (χ1) is 8.09. The van der Waals surface area contributed by atoms with Crippen LogP contribution in [0.25, 0.3) is 0 Å². The minimum atomic E-state index is -1.03. The summed E-state index contributed by atoms with van der Waals surface area (Å²) in [4.78, 5) is 3.94. The molecule has 1 unspecified atom stereocenters. The van der Waals surface area contributed by atoms with Gasteiger partial charge in [-0.3, -0.25) is 4.98 Å². The summed E-state index contributed by atoms with van der Waals surface area (Å²) >= 11 is 6.35. The van der Waals surface area contributed by atoms with Crippen molar-refractivity contribution in [1.29, 1.82) is 0 Å². The molecule has 1 aromatic heterocycles. The second kappa shape index (κ2) is 5.25. The second-order valence-electron chi connectivity index (χ2n) is 3.48. The third-order valence-electron chi connectivity index (χ3n) is 2.32. The Kier molecular flexibility index (Phi) is 3.91. The molecular formula is C12H8Br2FNO. The predicted molar refractivity (Wildman–Crippen MR) is 70.1 cm³/mol. The Bertz CT molecular complexity index is 548. The Balaban J connectivity index is 2.44. The zero-order chi connectivity index (χ0) is 12.4. The molecule has 1 atom stereocenters. The fourth-order valence-electron chi connectivity index (χ4n) is 1.49. The zero-order valence-corrected chi connectivity index (χ0v) is 11.7. The van der Waals surface area contributed by atoms with Crippen LogP contribution in [0.2, 0.25) is 0 Å². The lowest BCUT2D eigenvalue weighted by atomic mass is 10.0. The molecule has 0 bridgehead atoms. The van der Waals surface area contributed by atoms with Crippen LogP contribution in [0.4, 0.5) is 4.39 Å². The van der Waals surface area contributed by atoms with Crippen molar-refractivity contribution in [2.45, 2.75) is 6.10 Å². The summed E-state index contributed by atoms with van der Waals surface area (Å²) in [6.07, 6.45) is 2.08. The third-order valence-corrected chi connectivity index (χ3v) is 3.36. The molecule has 0 aliphatic carbocycles. The summed E-state index contributed by atoms with van der Waals surface area (Å²) in [6.45, 7) is 0. The summed E-state index contributed by atoms with van der Waals surface area (Å²) in [5, 5.41) is 10.1. The molecule has 2 aromatic rings. The molecule has 1 heterocycles. The van der Waals surface area contributed by atoms with Gasteiger partial charge in [-0.15, -0.1) is 0 Å². The van der Waals surface area contributed by atoms with Gasteiger partial charge in [0.1, 0.15) is 11.9 Å². The molecule has 1 N–H and O–H groups in total. The summed E-state index contributed by atoms with van der Waals surface area (Å²) in [7, 11) is 0. The number of pyridine rings is 1. The Labute approximate surface area is 115 Å². The Morgan fingerprint density at radius 2 is 2.00 bits per heavy atom. The maximum atomic E-state index is 13.8. The molecule has 0 spiro atoms. The minimum absolute atomic E-state index is 0.222. The van der Waals surface area contributed by atoms with E-state index in [2.05, 4.69) is 36.8 Å².